The lowest BCUT2D eigenvalue weighted by molar-refractivity contribution is 0.112. The smallest absolute Gasteiger partial charge is 0.152 e. The normalized spacial score (nSPS) is 11.9. The van der Waals surface area contributed by atoms with Gasteiger partial charge in [-0.05, 0) is 55.8 Å². The Hall–Kier alpha value is -1.94. The zero-order chi connectivity index (χ0) is 14.5. The Balaban J connectivity index is 2.31. The maximum absolute atomic E-state index is 12.7. The van der Waals surface area contributed by atoms with Crippen molar-refractivity contribution in [2.45, 2.75) is 18.7 Å². The summed E-state index contributed by atoms with van der Waals surface area (Å²) in [4.78, 5) is 11.5. The van der Waals surface area contributed by atoms with E-state index in [0.29, 0.717) is 12.1 Å². The van der Waals surface area contributed by atoms with E-state index in [2.05, 4.69) is 0 Å². The van der Waals surface area contributed by atoms with E-state index in [4.69, 9.17) is 0 Å². The summed E-state index contributed by atoms with van der Waals surface area (Å²) in [6.07, 6.45) is 0.803. The number of nitrogens with zero attached hydrogens (tertiary/aromatic N) is 1. The first-order valence-corrected chi connectivity index (χ1v) is 7.57. The maximum atomic E-state index is 12.7. The summed E-state index contributed by atoms with van der Waals surface area (Å²) in [6, 6.07) is 14.8. The van der Waals surface area contributed by atoms with Crippen molar-refractivity contribution in [1.29, 1.82) is 0 Å². The molecule has 0 spiro atoms. The highest BCUT2D eigenvalue weighted by Gasteiger charge is 2.14. The minimum atomic E-state index is -1.25. The molecule has 0 aromatic heterocycles. The molecule has 2 aromatic carbocycles. The van der Waals surface area contributed by atoms with E-state index in [1.807, 2.05) is 54.6 Å². The number of benzene rings is 2. The fraction of sp³-hybridized carbons (Fsp3) is 0.188. The molecule has 0 heterocycles. The van der Waals surface area contributed by atoms with Crippen LogP contribution in [0, 0.1) is 6.92 Å². The summed E-state index contributed by atoms with van der Waals surface area (Å²) in [6.45, 7) is 4.57. The molecule has 0 N–H and O–H groups in total. The molecule has 4 heteroatoms. The van der Waals surface area contributed by atoms with Crippen LogP contribution in [-0.4, -0.2) is 17.0 Å². The van der Waals surface area contributed by atoms with Gasteiger partial charge in [-0.1, -0.05) is 12.1 Å². The third-order valence-corrected chi connectivity index (χ3v) is 4.52. The molecule has 3 nitrogen and oxygen atoms in total. The van der Waals surface area contributed by atoms with Crippen LogP contribution in [0.15, 0.2) is 53.4 Å². The molecule has 20 heavy (non-hydrogen) atoms. The van der Waals surface area contributed by atoms with Crippen LogP contribution in [0.2, 0.25) is 0 Å². The number of rotatable bonds is 5. The van der Waals surface area contributed by atoms with Crippen molar-refractivity contribution in [3.63, 3.8) is 0 Å². The topological polar surface area (TPSA) is 37.4 Å². The molecule has 0 amide bonds. The first kappa shape index (κ1) is 14.5. The van der Waals surface area contributed by atoms with Crippen LogP contribution < -0.4 is 4.31 Å². The van der Waals surface area contributed by atoms with Gasteiger partial charge in [-0.25, -0.2) is 4.21 Å². The quantitative estimate of drug-likeness (QED) is 0.791. The van der Waals surface area contributed by atoms with E-state index >= 15 is 0 Å². The van der Waals surface area contributed by atoms with Crippen molar-refractivity contribution in [1.82, 2.24) is 0 Å². The maximum Gasteiger partial charge on any atom is 0.152 e. The number of aldehydes is 1. The van der Waals surface area contributed by atoms with Gasteiger partial charge < -0.3 is 0 Å². The average molecular weight is 287 g/mol. The lowest BCUT2D eigenvalue weighted by Crippen LogP contribution is -2.25. The number of hydrogen-bond donors (Lipinski definition) is 0. The molecule has 0 fully saturated rings. The van der Waals surface area contributed by atoms with E-state index in [9.17, 15) is 9.00 Å². The van der Waals surface area contributed by atoms with Crippen molar-refractivity contribution >= 4 is 23.0 Å². The minimum Gasteiger partial charge on any atom is -0.298 e. The summed E-state index contributed by atoms with van der Waals surface area (Å²) >= 11 is 0. The molecule has 0 aliphatic heterocycles. The molecule has 2 rings (SSSR count). The summed E-state index contributed by atoms with van der Waals surface area (Å²) < 4.78 is 14.5. The number of carbonyl (C=O) groups excluding carboxylic acids is 1. The van der Waals surface area contributed by atoms with Crippen LogP contribution in [0.25, 0.3) is 0 Å². The van der Waals surface area contributed by atoms with Gasteiger partial charge in [0.05, 0.1) is 4.90 Å². The first-order valence-electron chi connectivity index (χ1n) is 6.47. The second-order valence-corrected chi connectivity index (χ2v) is 5.88. The Bertz CT molecular complexity index is 623. The van der Waals surface area contributed by atoms with Gasteiger partial charge in [0.15, 0.2) is 11.0 Å². The molecule has 2 aromatic rings. The highest BCUT2D eigenvalue weighted by molar-refractivity contribution is 7.86. The number of anilines is 1. The Morgan fingerprint density at radius 2 is 1.85 bits per heavy atom. The Morgan fingerprint density at radius 3 is 2.40 bits per heavy atom. The fourth-order valence-electron chi connectivity index (χ4n) is 1.97. The summed E-state index contributed by atoms with van der Waals surface area (Å²) in [5.41, 5.74) is 2.55. The lowest BCUT2D eigenvalue weighted by atomic mass is 10.2. The first-order chi connectivity index (χ1) is 9.65. The molecule has 0 radical (unpaired) electrons. The van der Waals surface area contributed by atoms with E-state index < -0.39 is 11.0 Å². The average Bonchev–Trinajstić information content (AvgIpc) is 2.48. The molecular formula is C16H17NO2S. The van der Waals surface area contributed by atoms with Gasteiger partial charge in [0.1, 0.15) is 6.29 Å². The number of hydrogen-bond acceptors (Lipinski definition) is 2. The molecule has 0 saturated carbocycles. The molecule has 104 valence electrons. The molecular weight excluding hydrogens is 270 g/mol. The van der Waals surface area contributed by atoms with E-state index in [1.165, 1.54) is 0 Å². The predicted octanol–water partition coefficient (Wildman–Crippen LogP) is 3.36. The molecule has 0 saturated heterocycles. The van der Waals surface area contributed by atoms with Crippen molar-refractivity contribution in [2.75, 3.05) is 10.8 Å². The lowest BCUT2D eigenvalue weighted by Gasteiger charge is -2.22. The van der Waals surface area contributed by atoms with Crippen molar-refractivity contribution in [2.24, 2.45) is 0 Å². The third-order valence-electron chi connectivity index (χ3n) is 3.00. The van der Waals surface area contributed by atoms with E-state index in [-0.39, 0.29) is 0 Å². The van der Waals surface area contributed by atoms with Crippen molar-refractivity contribution < 1.29 is 9.00 Å². The largest absolute Gasteiger partial charge is 0.298 e. The van der Waals surface area contributed by atoms with E-state index in [0.717, 1.165) is 22.4 Å². The molecule has 1 unspecified atom stereocenters. The third kappa shape index (κ3) is 3.14. The van der Waals surface area contributed by atoms with Crippen molar-refractivity contribution in [3.8, 4) is 0 Å². The predicted molar refractivity (Wildman–Crippen MR) is 82.4 cm³/mol. The second kappa shape index (κ2) is 6.48. The van der Waals surface area contributed by atoms with Gasteiger partial charge in [0, 0.05) is 17.8 Å². The summed E-state index contributed by atoms with van der Waals surface area (Å²) in [5.74, 6) is 0. The monoisotopic (exact) mass is 287 g/mol. The SMILES string of the molecule is CCN(c1ccc(C=O)cc1)S(=O)c1cccc(C)c1. The number of carbonyl (C=O) groups is 1. The van der Waals surface area contributed by atoms with Gasteiger partial charge in [-0.15, -0.1) is 0 Å². The van der Waals surface area contributed by atoms with Crippen LogP contribution >= 0.6 is 0 Å². The standard InChI is InChI=1S/C16H17NO2S/c1-3-17(15-9-7-14(12-18)8-10-15)20(19)16-6-4-5-13(2)11-16/h4-12H,3H2,1-2H3. The minimum absolute atomic E-state index is 0.617. The van der Waals surface area contributed by atoms with Crippen LogP contribution in [-0.2, 0) is 11.0 Å². The molecule has 1 atom stereocenters. The van der Waals surface area contributed by atoms with Gasteiger partial charge in [-0.2, -0.15) is 0 Å². The zero-order valence-corrected chi connectivity index (χ0v) is 12.4. The Morgan fingerprint density at radius 1 is 1.15 bits per heavy atom. The van der Waals surface area contributed by atoms with Gasteiger partial charge in [-0.3, -0.25) is 9.10 Å². The van der Waals surface area contributed by atoms with Gasteiger partial charge >= 0.3 is 0 Å². The van der Waals surface area contributed by atoms with Gasteiger partial charge in [0.25, 0.3) is 0 Å². The molecule has 0 bridgehead atoms. The van der Waals surface area contributed by atoms with Crippen LogP contribution in [0.5, 0.6) is 0 Å². The van der Waals surface area contributed by atoms with Crippen LogP contribution in [0.4, 0.5) is 5.69 Å². The fourth-order valence-corrected chi connectivity index (χ4v) is 3.25. The highest BCUT2D eigenvalue weighted by atomic mass is 32.2. The zero-order valence-electron chi connectivity index (χ0n) is 11.6. The van der Waals surface area contributed by atoms with Gasteiger partial charge in [0.2, 0.25) is 0 Å². The molecule has 0 aliphatic carbocycles. The summed E-state index contributed by atoms with van der Waals surface area (Å²) in [7, 11) is -1.25. The Kier molecular flexibility index (Phi) is 4.69. The Labute approximate surface area is 121 Å². The van der Waals surface area contributed by atoms with Crippen LogP contribution in [0.3, 0.4) is 0 Å². The summed E-state index contributed by atoms with van der Waals surface area (Å²) in [5, 5.41) is 0. The number of aryl methyl sites for hydroxylation is 1. The van der Waals surface area contributed by atoms with E-state index in [1.54, 1.807) is 12.1 Å². The van der Waals surface area contributed by atoms with Crippen LogP contribution in [0.1, 0.15) is 22.8 Å². The van der Waals surface area contributed by atoms with Crippen molar-refractivity contribution in [3.05, 3.63) is 59.7 Å². The second-order valence-electron chi connectivity index (χ2n) is 4.47. The highest BCUT2D eigenvalue weighted by Crippen LogP contribution is 2.21. The molecule has 0 aliphatic rings.